The number of nitrogens with one attached hydrogen (secondary N) is 1. The minimum Gasteiger partial charge on any atom is -0.486 e. The third-order valence-corrected chi connectivity index (χ3v) is 4.75. The van der Waals surface area contributed by atoms with Crippen molar-refractivity contribution >= 4 is 23.2 Å². The summed E-state index contributed by atoms with van der Waals surface area (Å²) in [5, 5.41) is 12.1. The number of hydrogen-bond donors (Lipinski definition) is 1. The van der Waals surface area contributed by atoms with Gasteiger partial charge >= 0.3 is 0 Å². The molecule has 1 N–H and O–H groups in total. The van der Waals surface area contributed by atoms with E-state index < -0.39 is 0 Å². The lowest BCUT2D eigenvalue weighted by atomic mass is 10.1. The van der Waals surface area contributed by atoms with Crippen LogP contribution in [0.3, 0.4) is 0 Å². The summed E-state index contributed by atoms with van der Waals surface area (Å²) in [7, 11) is 1.88. The zero-order valence-electron chi connectivity index (χ0n) is 15.2. The topological polar surface area (TPSA) is 74.6 Å². The lowest BCUT2D eigenvalue weighted by Gasteiger charge is -2.25. The molecular formula is C20H20ClN3O3. The number of benzene rings is 2. The Balaban J connectivity index is 1.62. The van der Waals surface area contributed by atoms with Crippen LogP contribution in [0.15, 0.2) is 36.4 Å². The van der Waals surface area contributed by atoms with Gasteiger partial charge in [0.25, 0.3) is 0 Å². The fraction of sp³-hybridized carbons (Fsp3) is 0.300. The van der Waals surface area contributed by atoms with Crippen molar-refractivity contribution in [3.8, 4) is 17.6 Å². The van der Waals surface area contributed by atoms with E-state index in [0.29, 0.717) is 36.0 Å². The van der Waals surface area contributed by atoms with Crippen molar-refractivity contribution in [3.63, 3.8) is 0 Å². The van der Waals surface area contributed by atoms with E-state index in [2.05, 4.69) is 5.32 Å². The van der Waals surface area contributed by atoms with Crippen LogP contribution in [0, 0.1) is 11.3 Å². The first-order valence-corrected chi connectivity index (χ1v) is 8.95. The van der Waals surface area contributed by atoms with Gasteiger partial charge in [0.2, 0.25) is 5.91 Å². The van der Waals surface area contributed by atoms with E-state index in [1.165, 1.54) is 0 Å². The molecule has 0 bridgehead atoms. The first-order valence-electron chi connectivity index (χ1n) is 8.57. The maximum Gasteiger partial charge on any atom is 0.241 e. The van der Waals surface area contributed by atoms with Crippen LogP contribution in [0.5, 0.6) is 11.5 Å². The second-order valence-electron chi connectivity index (χ2n) is 6.36. The Morgan fingerprint density at radius 3 is 2.70 bits per heavy atom. The zero-order chi connectivity index (χ0) is 19.4. The van der Waals surface area contributed by atoms with Crippen molar-refractivity contribution in [1.29, 1.82) is 5.26 Å². The Morgan fingerprint density at radius 2 is 2.00 bits per heavy atom. The molecule has 2 aromatic rings. The normalized spacial score (nSPS) is 13.7. The van der Waals surface area contributed by atoms with Gasteiger partial charge in [-0.2, -0.15) is 5.26 Å². The highest BCUT2D eigenvalue weighted by atomic mass is 35.5. The fourth-order valence-electron chi connectivity index (χ4n) is 2.74. The van der Waals surface area contributed by atoms with Gasteiger partial charge in [0.1, 0.15) is 19.3 Å². The summed E-state index contributed by atoms with van der Waals surface area (Å²) in [6.45, 7) is 3.51. The molecule has 27 heavy (non-hydrogen) atoms. The second-order valence-corrected chi connectivity index (χ2v) is 6.77. The summed E-state index contributed by atoms with van der Waals surface area (Å²) in [4.78, 5) is 14.5. The number of halogens is 1. The molecule has 1 aliphatic rings. The fourth-order valence-corrected chi connectivity index (χ4v) is 2.96. The molecule has 6 nitrogen and oxygen atoms in total. The van der Waals surface area contributed by atoms with Gasteiger partial charge in [0.05, 0.1) is 16.6 Å². The van der Waals surface area contributed by atoms with Gasteiger partial charge in [0, 0.05) is 12.2 Å². The molecule has 0 fully saturated rings. The van der Waals surface area contributed by atoms with Crippen molar-refractivity contribution in [2.45, 2.75) is 19.5 Å². The summed E-state index contributed by atoms with van der Waals surface area (Å²) in [6.07, 6.45) is 0. The van der Waals surface area contributed by atoms with E-state index in [-0.39, 0.29) is 11.9 Å². The van der Waals surface area contributed by atoms with Gasteiger partial charge in [-0.25, -0.2) is 0 Å². The Morgan fingerprint density at radius 1 is 1.26 bits per heavy atom. The number of fused-ring (bicyclic) bond motifs is 1. The second kappa shape index (κ2) is 8.30. The SMILES string of the molecule is C[C@H](C(=O)Nc1ccc(C#N)c(Cl)c1)N(C)Cc1ccc2c(c1)OCCO2. The molecule has 140 valence electrons. The van der Waals surface area contributed by atoms with Crippen LogP contribution in [-0.4, -0.2) is 37.1 Å². The number of amides is 1. The molecule has 1 heterocycles. The van der Waals surface area contributed by atoms with Crippen LogP contribution in [0.4, 0.5) is 5.69 Å². The van der Waals surface area contributed by atoms with Gasteiger partial charge in [-0.05, 0) is 49.9 Å². The number of hydrogen-bond acceptors (Lipinski definition) is 5. The molecule has 0 aromatic heterocycles. The summed E-state index contributed by atoms with van der Waals surface area (Å²) in [5.74, 6) is 1.32. The molecule has 0 radical (unpaired) electrons. The number of nitrogens with zero attached hydrogens (tertiary/aromatic N) is 2. The summed E-state index contributed by atoms with van der Waals surface area (Å²) in [5.41, 5.74) is 1.96. The lowest BCUT2D eigenvalue weighted by Crippen LogP contribution is -2.39. The minimum absolute atomic E-state index is 0.157. The standard InChI is InChI=1S/C20H20ClN3O3/c1-13(20(25)23-16-5-4-15(11-22)17(21)10-16)24(2)12-14-3-6-18-19(9-14)27-8-7-26-18/h3-6,9-10,13H,7-8,12H2,1-2H3,(H,23,25)/t13-/m1/s1. The van der Waals surface area contributed by atoms with E-state index >= 15 is 0 Å². The maximum absolute atomic E-state index is 12.5. The molecule has 1 atom stereocenters. The molecule has 0 unspecified atom stereocenters. The monoisotopic (exact) mass is 385 g/mol. The highest BCUT2D eigenvalue weighted by Gasteiger charge is 2.20. The van der Waals surface area contributed by atoms with Crippen LogP contribution in [0.2, 0.25) is 5.02 Å². The van der Waals surface area contributed by atoms with Crippen molar-refractivity contribution in [1.82, 2.24) is 4.90 Å². The maximum atomic E-state index is 12.5. The Kier molecular flexibility index (Phi) is 5.84. The number of ether oxygens (including phenoxy) is 2. The molecule has 0 spiro atoms. The first kappa shape index (κ1) is 19.0. The predicted octanol–water partition coefficient (Wildman–Crippen LogP) is 3.44. The third-order valence-electron chi connectivity index (χ3n) is 4.44. The van der Waals surface area contributed by atoms with Crippen molar-refractivity contribution < 1.29 is 14.3 Å². The highest BCUT2D eigenvalue weighted by Crippen LogP contribution is 2.31. The quantitative estimate of drug-likeness (QED) is 0.853. The average molecular weight is 386 g/mol. The summed E-state index contributed by atoms with van der Waals surface area (Å²) >= 11 is 6.01. The van der Waals surface area contributed by atoms with Gasteiger partial charge < -0.3 is 14.8 Å². The Bertz CT molecular complexity index is 895. The first-order chi connectivity index (χ1) is 13.0. The largest absolute Gasteiger partial charge is 0.486 e. The van der Waals surface area contributed by atoms with Crippen LogP contribution < -0.4 is 14.8 Å². The molecule has 0 saturated heterocycles. The molecular weight excluding hydrogens is 366 g/mol. The summed E-state index contributed by atoms with van der Waals surface area (Å²) in [6, 6.07) is 12.2. The van der Waals surface area contributed by atoms with E-state index in [1.807, 2.05) is 43.1 Å². The minimum atomic E-state index is -0.368. The van der Waals surface area contributed by atoms with Crippen LogP contribution in [0.1, 0.15) is 18.1 Å². The molecule has 2 aromatic carbocycles. The zero-order valence-corrected chi connectivity index (χ0v) is 15.9. The number of carbonyl (C=O) groups is 1. The smallest absolute Gasteiger partial charge is 0.241 e. The number of nitriles is 1. The van der Waals surface area contributed by atoms with Crippen LogP contribution in [-0.2, 0) is 11.3 Å². The average Bonchev–Trinajstić information content (AvgIpc) is 2.67. The van der Waals surface area contributed by atoms with Crippen molar-refractivity contribution in [2.24, 2.45) is 0 Å². The molecule has 1 aliphatic heterocycles. The van der Waals surface area contributed by atoms with Crippen LogP contribution >= 0.6 is 11.6 Å². The van der Waals surface area contributed by atoms with E-state index in [4.69, 9.17) is 26.3 Å². The van der Waals surface area contributed by atoms with Gasteiger partial charge in [-0.3, -0.25) is 9.69 Å². The molecule has 0 saturated carbocycles. The van der Waals surface area contributed by atoms with E-state index in [0.717, 1.165) is 17.1 Å². The van der Waals surface area contributed by atoms with Gasteiger partial charge in [-0.1, -0.05) is 17.7 Å². The molecule has 3 rings (SSSR count). The number of anilines is 1. The van der Waals surface area contributed by atoms with E-state index in [1.54, 1.807) is 18.2 Å². The number of likely N-dealkylation sites (N-methyl/N-ethyl adjacent to an activating group) is 1. The number of rotatable bonds is 5. The molecule has 0 aliphatic carbocycles. The molecule has 1 amide bonds. The van der Waals surface area contributed by atoms with Crippen molar-refractivity contribution in [3.05, 3.63) is 52.5 Å². The molecule has 7 heteroatoms. The predicted molar refractivity (Wildman–Crippen MR) is 103 cm³/mol. The lowest BCUT2D eigenvalue weighted by molar-refractivity contribution is -0.120. The van der Waals surface area contributed by atoms with Crippen LogP contribution in [0.25, 0.3) is 0 Å². The summed E-state index contributed by atoms with van der Waals surface area (Å²) < 4.78 is 11.1. The van der Waals surface area contributed by atoms with Gasteiger partial charge in [-0.15, -0.1) is 0 Å². The Hall–Kier alpha value is -2.75. The Labute approximate surface area is 163 Å². The third kappa shape index (κ3) is 4.51. The highest BCUT2D eigenvalue weighted by molar-refractivity contribution is 6.32. The van der Waals surface area contributed by atoms with Gasteiger partial charge in [0.15, 0.2) is 11.5 Å². The van der Waals surface area contributed by atoms with Crippen molar-refractivity contribution in [2.75, 3.05) is 25.6 Å². The van der Waals surface area contributed by atoms with E-state index in [9.17, 15) is 4.79 Å². The number of carbonyl (C=O) groups excluding carboxylic acids is 1.